The molecule has 1 amide bonds. The lowest BCUT2D eigenvalue weighted by Crippen LogP contribution is -2.47. The van der Waals surface area contributed by atoms with E-state index >= 15 is 0 Å². The van der Waals surface area contributed by atoms with Crippen molar-refractivity contribution in [1.82, 2.24) is 4.90 Å². The van der Waals surface area contributed by atoms with Gasteiger partial charge in [0.25, 0.3) is 5.91 Å². The third-order valence-corrected chi connectivity index (χ3v) is 3.11. The Kier molecular flexibility index (Phi) is 4.20. The number of β-amino-alcohol motifs (C(OH)–C–C–N with tert-alkyl or cyclic N) is 1. The average Bonchev–Trinajstić information content (AvgIpc) is 2.39. The molecule has 0 radical (unpaired) electrons. The van der Waals surface area contributed by atoms with Gasteiger partial charge in [-0.3, -0.25) is 4.79 Å². The van der Waals surface area contributed by atoms with E-state index in [1.54, 1.807) is 11.8 Å². The van der Waals surface area contributed by atoms with E-state index in [0.717, 1.165) is 12.8 Å². The molecule has 1 heterocycles. The summed E-state index contributed by atoms with van der Waals surface area (Å²) in [5, 5.41) is 9.57. The predicted octanol–water partition coefficient (Wildman–Crippen LogP) is 1.44. The number of rotatable bonds is 3. The molecule has 18 heavy (non-hydrogen) atoms. The summed E-state index contributed by atoms with van der Waals surface area (Å²) in [5.74, 6) is 0.633. The van der Waals surface area contributed by atoms with Crippen LogP contribution in [0.15, 0.2) is 30.3 Å². The van der Waals surface area contributed by atoms with Gasteiger partial charge >= 0.3 is 0 Å². The number of carbonyl (C=O) groups excluding carboxylic acids is 1. The minimum Gasteiger partial charge on any atom is -0.481 e. The van der Waals surface area contributed by atoms with Gasteiger partial charge in [-0.05, 0) is 31.9 Å². The zero-order chi connectivity index (χ0) is 13.0. The molecule has 2 rings (SSSR count). The lowest BCUT2D eigenvalue weighted by molar-refractivity contribution is -0.141. The van der Waals surface area contributed by atoms with Gasteiger partial charge in [-0.2, -0.15) is 0 Å². The van der Waals surface area contributed by atoms with Gasteiger partial charge in [0, 0.05) is 13.1 Å². The van der Waals surface area contributed by atoms with E-state index in [2.05, 4.69) is 0 Å². The third-order valence-electron chi connectivity index (χ3n) is 3.11. The Morgan fingerprint density at radius 3 is 2.83 bits per heavy atom. The van der Waals surface area contributed by atoms with Crippen molar-refractivity contribution in [3.63, 3.8) is 0 Å². The van der Waals surface area contributed by atoms with E-state index in [9.17, 15) is 9.90 Å². The molecule has 0 spiro atoms. The van der Waals surface area contributed by atoms with Crippen molar-refractivity contribution in [2.24, 2.45) is 0 Å². The molecule has 1 aliphatic rings. The highest BCUT2D eigenvalue weighted by Crippen LogP contribution is 2.15. The summed E-state index contributed by atoms with van der Waals surface area (Å²) in [4.78, 5) is 13.8. The number of hydrogen-bond donors (Lipinski definition) is 1. The standard InChI is InChI=1S/C14H19NO3/c1-11(18-13-7-3-2-4-8-13)14(17)15-9-5-6-12(16)10-15/h2-4,7-8,11-12,16H,5-6,9-10H2,1H3. The summed E-state index contributed by atoms with van der Waals surface area (Å²) >= 11 is 0. The first kappa shape index (κ1) is 12.9. The minimum absolute atomic E-state index is 0.0578. The van der Waals surface area contributed by atoms with Gasteiger partial charge < -0.3 is 14.7 Å². The Morgan fingerprint density at radius 1 is 1.44 bits per heavy atom. The summed E-state index contributed by atoms with van der Waals surface area (Å²) in [7, 11) is 0. The molecule has 1 aromatic carbocycles. The van der Waals surface area contributed by atoms with Crippen molar-refractivity contribution < 1.29 is 14.6 Å². The second kappa shape index (κ2) is 5.87. The highest BCUT2D eigenvalue weighted by molar-refractivity contribution is 5.81. The van der Waals surface area contributed by atoms with Crippen molar-refractivity contribution >= 4 is 5.91 Å². The van der Waals surface area contributed by atoms with Crippen LogP contribution in [0.5, 0.6) is 5.75 Å². The van der Waals surface area contributed by atoms with Crippen LogP contribution in [0.2, 0.25) is 0 Å². The zero-order valence-corrected chi connectivity index (χ0v) is 10.6. The Hall–Kier alpha value is -1.55. The number of ether oxygens (including phenoxy) is 1. The highest BCUT2D eigenvalue weighted by Gasteiger charge is 2.26. The number of nitrogens with zero attached hydrogens (tertiary/aromatic N) is 1. The van der Waals surface area contributed by atoms with Crippen LogP contribution in [0.25, 0.3) is 0 Å². The smallest absolute Gasteiger partial charge is 0.263 e. The van der Waals surface area contributed by atoms with E-state index in [1.165, 1.54) is 0 Å². The van der Waals surface area contributed by atoms with Gasteiger partial charge in [0.15, 0.2) is 6.10 Å². The lowest BCUT2D eigenvalue weighted by Gasteiger charge is -2.32. The number of aliphatic hydroxyl groups is 1. The van der Waals surface area contributed by atoms with Crippen molar-refractivity contribution in [2.45, 2.75) is 32.0 Å². The van der Waals surface area contributed by atoms with E-state index in [1.807, 2.05) is 30.3 Å². The van der Waals surface area contributed by atoms with Gasteiger partial charge in [0.1, 0.15) is 5.75 Å². The van der Waals surface area contributed by atoms with Crippen molar-refractivity contribution in [3.05, 3.63) is 30.3 Å². The number of para-hydroxylation sites is 1. The summed E-state index contributed by atoms with van der Waals surface area (Å²) in [5.41, 5.74) is 0. The van der Waals surface area contributed by atoms with Crippen LogP contribution < -0.4 is 4.74 Å². The van der Waals surface area contributed by atoms with Crippen LogP contribution in [0.3, 0.4) is 0 Å². The van der Waals surface area contributed by atoms with Crippen molar-refractivity contribution in [1.29, 1.82) is 0 Å². The SMILES string of the molecule is CC(Oc1ccccc1)C(=O)N1CCCC(O)C1. The Labute approximate surface area is 107 Å². The largest absolute Gasteiger partial charge is 0.481 e. The molecule has 1 fully saturated rings. The maximum absolute atomic E-state index is 12.1. The molecule has 1 saturated heterocycles. The zero-order valence-electron chi connectivity index (χ0n) is 10.6. The fourth-order valence-electron chi connectivity index (χ4n) is 2.17. The van der Waals surface area contributed by atoms with Crippen molar-refractivity contribution in [2.75, 3.05) is 13.1 Å². The molecule has 0 saturated carbocycles. The minimum atomic E-state index is -0.516. The number of likely N-dealkylation sites (tertiary alicyclic amines) is 1. The maximum atomic E-state index is 12.1. The highest BCUT2D eigenvalue weighted by atomic mass is 16.5. The summed E-state index contributed by atoms with van der Waals surface area (Å²) in [6.07, 6.45) is 0.715. The van der Waals surface area contributed by atoms with Gasteiger partial charge in [-0.1, -0.05) is 18.2 Å². The van der Waals surface area contributed by atoms with E-state index in [4.69, 9.17) is 4.74 Å². The molecule has 0 aromatic heterocycles. The number of amides is 1. The lowest BCUT2D eigenvalue weighted by atomic mass is 10.1. The third kappa shape index (κ3) is 3.23. The molecule has 0 aliphatic carbocycles. The first-order chi connectivity index (χ1) is 8.66. The van der Waals surface area contributed by atoms with Crippen LogP contribution >= 0.6 is 0 Å². The van der Waals surface area contributed by atoms with Gasteiger partial charge in [-0.25, -0.2) is 0 Å². The van der Waals surface area contributed by atoms with E-state index in [0.29, 0.717) is 18.8 Å². The number of aliphatic hydroxyl groups excluding tert-OH is 1. The van der Waals surface area contributed by atoms with E-state index < -0.39 is 12.2 Å². The van der Waals surface area contributed by atoms with Crippen LogP contribution in [-0.2, 0) is 4.79 Å². The first-order valence-electron chi connectivity index (χ1n) is 6.35. The Balaban J connectivity index is 1.92. The molecular formula is C14H19NO3. The monoisotopic (exact) mass is 249 g/mol. The van der Waals surface area contributed by atoms with Gasteiger partial charge in [0.2, 0.25) is 0 Å². The normalized spacial score (nSPS) is 21.4. The fourth-order valence-corrected chi connectivity index (χ4v) is 2.17. The van der Waals surface area contributed by atoms with Crippen molar-refractivity contribution in [3.8, 4) is 5.75 Å². The number of hydrogen-bond acceptors (Lipinski definition) is 3. The number of carbonyl (C=O) groups is 1. The summed E-state index contributed by atoms with van der Waals surface area (Å²) in [6.45, 7) is 2.87. The molecule has 2 atom stereocenters. The molecule has 2 unspecified atom stereocenters. The molecule has 98 valence electrons. The second-order valence-corrected chi connectivity index (χ2v) is 4.65. The predicted molar refractivity (Wildman–Crippen MR) is 68.4 cm³/mol. The van der Waals surface area contributed by atoms with Crippen LogP contribution in [0, 0.1) is 0 Å². The Morgan fingerprint density at radius 2 is 2.17 bits per heavy atom. The average molecular weight is 249 g/mol. The quantitative estimate of drug-likeness (QED) is 0.881. The molecular weight excluding hydrogens is 230 g/mol. The number of benzene rings is 1. The molecule has 4 heteroatoms. The summed E-state index contributed by atoms with van der Waals surface area (Å²) in [6, 6.07) is 9.30. The van der Waals surface area contributed by atoms with Crippen LogP contribution in [0.4, 0.5) is 0 Å². The summed E-state index contributed by atoms with van der Waals surface area (Å²) < 4.78 is 5.59. The fraction of sp³-hybridized carbons (Fsp3) is 0.500. The molecule has 4 nitrogen and oxygen atoms in total. The molecule has 1 aromatic rings. The van der Waals surface area contributed by atoms with Crippen LogP contribution in [0.1, 0.15) is 19.8 Å². The van der Waals surface area contributed by atoms with Gasteiger partial charge in [-0.15, -0.1) is 0 Å². The Bertz CT molecular complexity index is 393. The topological polar surface area (TPSA) is 49.8 Å². The molecule has 0 bridgehead atoms. The first-order valence-corrected chi connectivity index (χ1v) is 6.35. The van der Waals surface area contributed by atoms with Crippen LogP contribution in [-0.4, -0.2) is 41.2 Å². The number of piperidine rings is 1. The van der Waals surface area contributed by atoms with Gasteiger partial charge in [0.05, 0.1) is 6.10 Å². The maximum Gasteiger partial charge on any atom is 0.263 e. The molecule has 1 N–H and O–H groups in total. The van der Waals surface area contributed by atoms with E-state index in [-0.39, 0.29) is 5.91 Å². The second-order valence-electron chi connectivity index (χ2n) is 4.65. The molecule has 1 aliphatic heterocycles.